The number of benzene rings is 1. The predicted molar refractivity (Wildman–Crippen MR) is 80.2 cm³/mol. The van der Waals surface area contributed by atoms with Crippen LogP contribution in [0.1, 0.15) is 30.6 Å². The highest BCUT2D eigenvalue weighted by atomic mass is 16.5. The third-order valence-electron chi connectivity index (χ3n) is 2.93. The molecule has 0 aromatic heterocycles. The van der Waals surface area contributed by atoms with Gasteiger partial charge in [-0.05, 0) is 25.5 Å². The van der Waals surface area contributed by atoms with Gasteiger partial charge in [-0.1, -0.05) is 19.1 Å². The van der Waals surface area contributed by atoms with E-state index in [1.165, 1.54) is 0 Å². The number of carbonyl (C=O) groups is 2. The van der Waals surface area contributed by atoms with E-state index in [-0.39, 0.29) is 25.2 Å². The zero-order valence-electron chi connectivity index (χ0n) is 12.4. The van der Waals surface area contributed by atoms with Crippen LogP contribution in [0.25, 0.3) is 0 Å². The lowest BCUT2D eigenvalue weighted by Gasteiger charge is -2.13. The van der Waals surface area contributed by atoms with E-state index in [4.69, 9.17) is 9.84 Å². The van der Waals surface area contributed by atoms with Crippen molar-refractivity contribution < 1.29 is 19.4 Å². The summed E-state index contributed by atoms with van der Waals surface area (Å²) in [6.07, 6.45) is 0.813. The zero-order chi connectivity index (χ0) is 15.7. The molecule has 1 amide bonds. The summed E-state index contributed by atoms with van der Waals surface area (Å²) < 4.78 is 5.00. The van der Waals surface area contributed by atoms with Gasteiger partial charge >= 0.3 is 5.97 Å². The Labute approximate surface area is 124 Å². The van der Waals surface area contributed by atoms with E-state index in [0.29, 0.717) is 17.8 Å². The summed E-state index contributed by atoms with van der Waals surface area (Å²) in [6.45, 7) is 3.82. The van der Waals surface area contributed by atoms with Crippen molar-refractivity contribution in [2.45, 2.75) is 26.3 Å². The van der Waals surface area contributed by atoms with Crippen molar-refractivity contribution >= 4 is 17.6 Å². The van der Waals surface area contributed by atoms with Gasteiger partial charge in [0.1, 0.15) is 0 Å². The number of esters is 1. The Bertz CT molecular complexity index is 476. The molecule has 116 valence electrons. The molecular weight excluding hydrogens is 272 g/mol. The van der Waals surface area contributed by atoms with Gasteiger partial charge in [-0.2, -0.15) is 0 Å². The standard InChI is InChI=1S/C15H22N2O4/c1-3-11(2)17-14(19)10-21-15(20)12-6-4-5-7-13(12)16-8-9-18/h4-7,11,16,18H,3,8-10H2,1-2H3,(H,17,19)/t11-/m0/s1. The lowest BCUT2D eigenvalue weighted by atomic mass is 10.2. The van der Waals surface area contributed by atoms with E-state index in [0.717, 1.165) is 6.42 Å². The smallest absolute Gasteiger partial charge is 0.340 e. The van der Waals surface area contributed by atoms with E-state index in [9.17, 15) is 9.59 Å². The molecule has 1 aromatic rings. The maximum absolute atomic E-state index is 12.0. The van der Waals surface area contributed by atoms with Crippen molar-refractivity contribution in [3.8, 4) is 0 Å². The summed E-state index contributed by atoms with van der Waals surface area (Å²) in [5.74, 6) is -0.895. The van der Waals surface area contributed by atoms with Crippen LogP contribution in [0.5, 0.6) is 0 Å². The van der Waals surface area contributed by atoms with E-state index in [1.807, 2.05) is 13.8 Å². The highest BCUT2D eigenvalue weighted by molar-refractivity contribution is 5.96. The second kappa shape index (κ2) is 8.97. The van der Waals surface area contributed by atoms with Crippen molar-refractivity contribution in [1.29, 1.82) is 0 Å². The van der Waals surface area contributed by atoms with E-state index >= 15 is 0 Å². The molecule has 0 radical (unpaired) electrons. The van der Waals surface area contributed by atoms with Gasteiger partial charge in [0.05, 0.1) is 12.2 Å². The molecule has 0 bridgehead atoms. The largest absolute Gasteiger partial charge is 0.452 e. The average molecular weight is 294 g/mol. The fourth-order valence-corrected chi connectivity index (χ4v) is 1.63. The number of para-hydroxylation sites is 1. The maximum Gasteiger partial charge on any atom is 0.340 e. The van der Waals surface area contributed by atoms with Crippen molar-refractivity contribution in [1.82, 2.24) is 5.32 Å². The number of aliphatic hydroxyl groups is 1. The van der Waals surface area contributed by atoms with Crippen LogP contribution in [0.15, 0.2) is 24.3 Å². The zero-order valence-corrected chi connectivity index (χ0v) is 12.4. The molecule has 0 spiro atoms. The number of carbonyl (C=O) groups excluding carboxylic acids is 2. The molecule has 6 nitrogen and oxygen atoms in total. The Balaban J connectivity index is 2.57. The number of hydrogen-bond donors (Lipinski definition) is 3. The number of anilines is 1. The quantitative estimate of drug-likeness (QED) is 0.626. The molecule has 0 heterocycles. The van der Waals surface area contributed by atoms with Crippen LogP contribution in [0.3, 0.4) is 0 Å². The maximum atomic E-state index is 12.0. The second-order valence-electron chi connectivity index (χ2n) is 4.65. The third-order valence-corrected chi connectivity index (χ3v) is 2.93. The Morgan fingerprint density at radius 2 is 2.05 bits per heavy atom. The fourth-order valence-electron chi connectivity index (χ4n) is 1.63. The number of amides is 1. The Kier molecular flexibility index (Phi) is 7.25. The van der Waals surface area contributed by atoms with Crippen LogP contribution >= 0.6 is 0 Å². The first kappa shape index (κ1) is 17.0. The fraction of sp³-hybridized carbons (Fsp3) is 0.467. The van der Waals surface area contributed by atoms with Gasteiger partial charge in [0.15, 0.2) is 6.61 Å². The van der Waals surface area contributed by atoms with Crippen molar-refractivity contribution in [2.75, 3.05) is 25.1 Å². The van der Waals surface area contributed by atoms with E-state index in [2.05, 4.69) is 10.6 Å². The summed E-state index contributed by atoms with van der Waals surface area (Å²) in [5, 5.41) is 14.5. The second-order valence-corrected chi connectivity index (χ2v) is 4.65. The Hall–Kier alpha value is -2.08. The number of aliphatic hydroxyl groups excluding tert-OH is 1. The molecule has 0 aliphatic carbocycles. The number of ether oxygens (including phenoxy) is 1. The van der Waals surface area contributed by atoms with Gasteiger partial charge in [-0.3, -0.25) is 4.79 Å². The molecule has 1 rings (SSSR count). The summed E-state index contributed by atoms with van der Waals surface area (Å²) in [5.41, 5.74) is 0.904. The van der Waals surface area contributed by atoms with Crippen LogP contribution in [-0.2, 0) is 9.53 Å². The molecule has 0 aliphatic rings. The normalized spacial score (nSPS) is 11.6. The Morgan fingerprint density at radius 1 is 1.33 bits per heavy atom. The van der Waals surface area contributed by atoms with E-state index in [1.54, 1.807) is 24.3 Å². The van der Waals surface area contributed by atoms with Crippen LogP contribution < -0.4 is 10.6 Å². The number of nitrogens with one attached hydrogen (secondary N) is 2. The first-order valence-corrected chi connectivity index (χ1v) is 6.98. The minimum atomic E-state index is -0.574. The van der Waals surface area contributed by atoms with Gasteiger partial charge in [-0.15, -0.1) is 0 Å². The lowest BCUT2D eigenvalue weighted by molar-refractivity contribution is -0.124. The first-order chi connectivity index (χ1) is 10.1. The molecule has 0 aliphatic heterocycles. The third kappa shape index (κ3) is 5.83. The first-order valence-electron chi connectivity index (χ1n) is 6.98. The lowest BCUT2D eigenvalue weighted by Crippen LogP contribution is -2.35. The van der Waals surface area contributed by atoms with Gasteiger partial charge in [0.25, 0.3) is 5.91 Å². The molecular formula is C15H22N2O4. The monoisotopic (exact) mass is 294 g/mol. The van der Waals surface area contributed by atoms with Gasteiger partial charge in [0, 0.05) is 18.3 Å². The van der Waals surface area contributed by atoms with Crippen LogP contribution in [-0.4, -0.2) is 42.8 Å². The van der Waals surface area contributed by atoms with Crippen LogP contribution in [0.4, 0.5) is 5.69 Å². The molecule has 0 fully saturated rings. The highest BCUT2D eigenvalue weighted by Crippen LogP contribution is 2.15. The SMILES string of the molecule is CC[C@H](C)NC(=O)COC(=O)c1ccccc1NCCO. The topological polar surface area (TPSA) is 87.7 Å². The van der Waals surface area contributed by atoms with E-state index < -0.39 is 5.97 Å². The van der Waals surface area contributed by atoms with Gasteiger partial charge < -0.3 is 20.5 Å². The summed E-state index contributed by atoms with van der Waals surface area (Å²) in [4.78, 5) is 23.6. The molecule has 3 N–H and O–H groups in total. The van der Waals surface area contributed by atoms with Gasteiger partial charge in [0.2, 0.25) is 0 Å². The number of hydrogen-bond acceptors (Lipinski definition) is 5. The molecule has 0 unspecified atom stereocenters. The van der Waals surface area contributed by atoms with Crippen molar-refractivity contribution in [3.63, 3.8) is 0 Å². The van der Waals surface area contributed by atoms with Crippen molar-refractivity contribution in [3.05, 3.63) is 29.8 Å². The summed E-state index contributed by atoms with van der Waals surface area (Å²) >= 11 is 0. The summed E-state index contributed by atoms with van der Waals surface area (Å²) in [7, 11) is 0. The van der Waals surface area contributed by atoms with Gasteiger partial charge in [-0.25, -0.2) is 4.79 Å². The molecule has 1 aromatic carbocycles. The molecule has 21 heavy (non-hydrogen) atoms. The molecule has 6 heteroatoms. The number of rotatable bonds is 8. The summed E-state index contributed by atoms with van der Waals surface area (Å²) in [6, 6.07) is 6.85. The van der Waals surface area contributed by atoms with Crippen LogP contribution in [0.2, 0.25) is 0 Å². The predicted octanol–water partition coefficient (Wildman–Crippen LogP) is 1.16. The molecule has 1 atom stereocenters. The van der Waals surface area contributed by atoms with Crippen LogP contribution in [0, 0.1) is 0 Å². The Morgan fingerprint density at radius 3 is 2.71 bits per heavy atom. The van der Waals surface area contributed by atoms with Crippen molar-refractivity contribution in [2.24, 2.45) is 0 Å². The molecule has 0 saturated carbocycles. The molecule has 0 saturated heterocycles. The minimum Gasteiger partial charge on any atom is -0.452 e. The average Bonchev–Trinajstić information content (AvgIpc) is 2.50. The minimum absolute atomic E-state index is 0.0410. The highest BCUT2D eigenvalue weighted by Gasteiger charge is 2.14.